The van der Waals surface area contributed by atoms with Crippen LogP contribution in [-0.2, 0) is 16.1 Å². The van der Waals surface area contributed by atoms with Gasteiger partial charge in [0.15, 0.2) is 0 Å². The number of morpholine rings is 1. The summed E-state index contributed by atoms with van der Waals surface area (Å²) in [6.45, 7) is 2.57. The molecule has 19 heavy (non-hydrogen) atoms. The van der Waals surface area contributed by atoms with E-state index in [1.807, 2.05) is 0 Å². The van der Waals surface area contributed by atoms with E-state index in [0.717, 1.165) is 13.1 Å². The second kappa shape index (κ2) is 5.61. The van der Waals surface area contributed by atoms with E-state index in [1.165, 1.54) is 36.8 Å². The zero-order chi connectivity index (χ0) is 13.1. The molecule has 1 aromatic rings. The van der Waals surface area contributed by atoms with Crippen molar-refractivity contribution in [3.05, 3.63) is 35.4 Å². The van der Waals surface area contributed by atoms with Gasteiger partial charge in [-0.05, 0) is 24.0 Å². The Kier molecular flexibility index (Phi) is 3.87. The van der Waals surface area contributed by atoms with Gasteiger partial charge in [-0.2, -0.15) is 0 Å². The summed E-state index contributed by atoms with van der Waals surface area (Å²) in [6.07, 6.45) is 5.16. The normalized spacial score (nSPS) is 25.8. The maximum atomic E-state index is 6.49. The van der Waals surface area contributed by atoms with Crippen molar-refractivity contribution in [1.29, 1.82) is 0 Å². The Labute approximate surface area is 115 Å². The summed E-state index contributed by atoms with van der Waals surface area (Å²) in [5.41, 5.74) is 2.61. The lowest BCUT2D eigenvalue weighted by Crippen LogP contribution is -2.49. The molecule has 1 saturated heterocycles. The van der Waals surface area contributed by atoms with Crippen molar-refractivity contribution >= 4 is 0 Å². The molecule has 1 aliphatic carbocycles. The quantitative estimate of drug-likeness (QED) is 0.907. The number of methoxy groups -OCH3 is 1. The van der Waals surface area contributed by atoms with E-state index in [-0.39, 0.29) is 11.7 Å². The van der Waals surface area contributed by atoms with Crippen LogP contribution < -0.4 is 5.32 Å². The van der Waals surface area contributed by atoms with Crippen LogP contribution in [0.2, 0.25) is 0 Å². The monoisotopic (exact) mass is 261 g/mol. The van der Waals surface area contributed by atoms with Crippen molar-refractivity contribution in [2.45, 2.75) is 44.0 Å². The van der Waals surface area contributed by atoms with E-state index in [0.29, 0.717) is 6.61 Å². The fourth-order valence-electron chi connectivity index (χ4n) is 3.44. The molecule has 3 nitrogen and oxygen atoms in total. The molecule has 3 heteroatoms. The molecule has 0 radical (unpaired) electrons. The first-order valence-corrected chi connectivity index (χ1v) is 7.28. The third-order valence-corrected chi connectivity index (χ3v) is 4.39. The SMILES string of the molecule is COCc1ccccc1C1CNCC2(CCCC2)O1. The van der Waals surface area contributed by atoms with Crippen LogP contribution in [0, 0.1) is 0 Å². The van der Waals surface area contributed by atoms with E-state index in [9.17, 15) is 0 Å². The van der Waals surface area contributed by atoms with Gasteiger partial charge in [-0.25, -0.2) is 0 Å². The largest absolute Gasteiger partial charge is 0.380 e. The van der Waals surface area contributed by atoms with Gasteiger partial charge in [0.1, 0.15) is 0 Å². The Balaban J connectivity index is 1.81. The number of rotatable bonds is 3. The number of hydrogen-bond acceptors (Lipinski definition) is 3. The van der Waals surface area contributed by atoms with Crippen LogP contribution in [0.4, 0.5) is 0 Å². The molecule has 3 rings (SSSR count). The van der Waals surface area contributed by atoms with E-state index in [4.69, 9.17) is 9.47 Å². The molecule has 1 aliphatic heterocycles. The van der Waals surface area contributed by atoms with Crippen molar-refractivity contribution < 1.29 is 9.47 Å². The van der Waals surface area contributed by atoms with Crippen LogP contribution in [0.15, 0.2) is 24.3 Å². The molecule has 1 atom stereocenters. The first-order valence-electron chi connectivity index (χ1n) is 7.28. The Morgan fingerprint density at radius 3 is 2.89 bits per heavy atom. The molecule has 1 unspecified atom stereocenters. The molecule has 1 heterocycles. The molecule has 1 spiro atoms. The Morgan fingerprint density at radius 1 is 1.32 bits per heavy atom. The molecular formula is C16H23NO2. The fourth-order valence-corrected chi connectivity index (χ4v) is 3.44. The minimum absolute atomic E-state index is 0.0864. The maximum absolute atomic E-state index is 6.49. The van der Waals surface area contributed by atoms with Gasteiger partial charge in [-0.1, -0.05) is 37.1 Å². The van der Waals surface area contributed by atoms with E-state index >= 15 is 0 Å². The van der Waals surface area contributed by atoms with E-state index in [2.05, 4.69) is 29.6 Å². The van der Waals surface area contributed by atoms with Gasteiger partial charge in [0.25, 0.3) is 0 Å². The van der Waals surface area contributed by atoms with Crippen molar-refractivity contribution in [3.8, 4) is 0 Å². The lowest BCUT2D eigenvalue weighted by molar-refractivity contribution is -0.114. The number of nitrogens with one attached hydrogen (secondary N) is 1. The van der Waals surface area contributed by atoms with Gasteiger partial charge in [-0.15, -0.1) is 0 Å². The third kappa shape index (κ3) is 2.69. The van der Waals surface area contributed by atoms with Crippen LogP contribution in [0.1, 0.15) is 42.9 Å². The highest BCUT2D eigenvalue weighted by molar-refractivity contribution is 5.29. The fraction of sp³-hybridized carbons (Fsp3) is 0.625. The van der Waals surface area contributed by atoms with Crippen LogP contribution in [0.3, 0.4) is 0 Å². The molecule has 0 bridgehead atoms. The van der Waals surface area contributed by atoms with Gasteiger partial charge in [0.05, 0.1) is 18.3 Å². The number of ether oxygens (including phenoxy) is 2. The second-order valence-electron chi connectivity index (χ2n) is 5.76. The summed E-state index contributed by atoms with van der Waals surface area (Å²) in [6, 6.07) is 8.47. The highest BCUT2D eigenvalue weighted by Gasteiger charge is 2.40. The zero-order valence-electron chi connectivity index (χ0n) is 11.7. The third-order valence-electron chi connectivity index (χ3n) is 4.39. The van der Waals surface area contributed by atoms with Crippen molar-refractivity contribution in [1.82, 2.24) is 5.32 Å². The number of benzene rings is 1. The van der Waals surface area contributed by atoms with Crippen molar-refractivity contribution in [3.63, 3.8) is 0 Å². The molecule has 104 valence electrons. The average molecular weight is 261 g/mol. The van der Waals surface area contributed by atoms with Gasteiger partial charge in [-0.3, -0.25) is 0 Å². The van der Waals surface area contributed by atoms with Gasteiger partial charge in [0, 0.05) is 20.2 Å². The Hall–Kier alpha value is -0.900. The number of hydrogen-bond donors (Lipinski definition) is 1. The van der Waals surface area contributed by atoms with Crippen LogP contribution in [-0.4, -0.2) is 25.8 Å². The lowest BCUT2D eigenvalue weighted by Gasteiger charge is -2.40. The van der Waals surface area contributed by atoms with Crippen molar-refractivity contribution in [2.24, 2.45) is 0 Å². The van der Waals surface area contributed by atoms with E-state index in [1.54, 1.807) is 7.11 Å². The first kappa shape index (κ1) is 13.1. The van der Waals surface area contributed by atoms with Crippen molar-refractivity contribution in [2.75, 3.05) is 20.2 Å². The topological polar surface area (TPSA) is 30.5 Å². The van der Waals surface area contributed by atoms with Crippen LogP contribution in [0.5, 0.6) is 0 Å². The van der Waals surface area contributed by atoms with E-state index < -0.39 is 0 Å². The standard InChI is InChI=1S/C16H23NO2/c1-18-11-13-6-2-3-7-14(13)15-10-17-12-16(19-15)8-4-5-9-16/h2-3,6-7,15,17H,4-5,8-12H2,1H3. The molecule has 2 aliphatic rings. The summed E-state index contributed by atoms with van der Waals surface area (Å²) < 4.78 is 11.8. The summed E-state index contributed by atoms with van der Waals surface area (Å²) in [7, 11) is 1.75. The molecule has 1 saturated carbocycles. The highest BCUT2D eigenvalue weighted by atomic mass is 16.5. The summed E-state index contributed by atoms with van der Waals surface area (Å²) in [4.78, 5) is 0. The lowest BCUT2D eigenvalue weighted by atomic mass is 9.95. The Bertz CT molecular complexity index is 427. The minimum atomic E-state index is 0.0864. The van der Waals surface area contributed by atoms with Crippen LogP contribution in [0.25, 0.3) is 0 Å². The first-order chi connectivity index (χ1) is 9.33. The minimum Gasteiger partial charge on any atom is -0.380 e. The molecule has 2 fully saturated rings. The molecule has 1 N–H and O–H groups in total. The van der Waals surface area contributed by atoms with Gasteiger partial charge >= 0.3 is 0 Å². The van der Waals surface area contributed by atoms with Gasteiger partial charge in [0.2, 0.25) is 0 Å². The second-order valence-corrected chi connectivity index (χ2v) is 5.76. The molecule has 1 aromatic carbocycles. The molecular weight excluding hydrogens is 238 g/mol. The predicted octanol–water partition coefficient (Wildman–Crippen LogP) is 2.81. The Morgan fingerprint density at radius 2 is 2.11 bits per heavy atom. The highest BCUT2D eigenvalue weighted by Crippen LogP contribution is 2.39. The zero-order valence-corrected chi connectivity index (χ0v) is 11.7. The smallest absolute Gasteiger partial charge is 0.0960 e. The average Bonchev–Trinajstić information content (AvgIpc) is 2.88. The molecule has 0 aromatic heterocycles. The summed E-state index contributed by atoms with van der Waals surface area (Å²) in [5.74, 6) is 0. The predicted molar refractivity (Wildman–Crippen MR) is 75.0 cm³/mol. The molecule has 0 amide bonds. The summed E-state index contributed by atoms with van der Waals surface area (Å²) in [5, 5.41) is 3.57. The maximum Gasteiger partial charge on any atom is 0.0960 e. The summed E-state index contributed by atoms with van der Waals surface area (Å²) >= 11 is 0. The van der Waals surface area contributed by atoms with Crippen LogP contribution >= 0.6 is 0 Å². The van der Waals surface area contributed by atoms with Gasteiger partial charge < -0.3 is 14.8 Å².